The Bertz CT molecular complexity index is 2840. The highest BCUT2D eigenvalue weighted by Gasteiger charge is 2.17. The summed E-state index contributed by atoms with van der Waals surface area (Å²) in [4.78, 5) is 62.5. The molecule has 0 aliphatic heterocycles. The van der Waals surface area contributed by atoms with Crippen molar-refractivity contribution in [3.63, 3.8) is 0 Å². The number of aliphatic imine (C=N–C) groups is 3. The molecular weight excluding hydrogens is 860 g/mol. The van der Waals surface area contributed by atoms with Crippen LogP contribution < -0.4 is 0 Å². The van der Waals surface area contributed by atoms with Gasteiger partial charge in [-0.2, -0.15) is 0 Å². The maximum Gasteiger partial charge on any atom is 0.180 e. The lowest BCUT2D eigenvalue weighted by Crippen LogP contribution is -2.08. The van der Waals surface area contributed by atoms with Gasteiger partial charge in [-0.25, -0.2) is 19.3 Å². The summed E-state index contributed by atoms with van der Waals surface area (Å²) in [6, 6.07) is 31.9. The van der Waals surface area contributed by atoms with E-state index in [1.54, 1.807) is 30.3 Å². The molecule has 3 aromatic carbocycles. The number of benzene rings is 3. The van der Waals surface area contributed by atoms with Gasteiger partial charge in [-0.05, 0) is 141 Å². The number of carbonyl (C=O) groups excluding carboxylic acids is 3. The Morgan fingerprint density at radius 1 is 0.464 bits per heavy atom. The third kappa shape index (κ3) is 15.0. The number of ketones is 3. The summed E-state index contributed by atoms with van der Waals surface area (Å²) in [5.41, 5.74) is 15.2. The molecule has 6 rings (SSSR count). The summed E-state index contributed by atoms with van der Waals surface area (Å²) in [7, 11) is 0. The molecule has 0 unspecified atom stereocenters. The fraction of sp³-hybridized carbons (Fsp3) is 0.339. The van der Waals surface area contributed by atoms with Gasteiger partial charge in [-0.3, -0.25) is 29.4 Å². The van der Waals surface area contributed by atoms with Gasteiger partial charge < -0.3 is 0 Å². The van der Waals surface area contributed by atoms with Crippen LogP contribution in [0.1, 0.15) is 196 Å². The van der Waals surface area contributed by atoms with Gasteiger partial charge in [0.05, 0.1) is 51.3 Å². The largest absolute Gasteiger partial charge is 0.293 e. The summed E-state index contributed by atoms with van der Waals surface area (Å²) >= 11 is 0. The number of aryl methyl sites for hydroxylation is 3. The molecule has 0 saturated carbocycles. The van der Waals surface area contributed by atoms with Crippen molar-refractivity contribution in [3.8, 4) is 0 Å². The fourth-order valence-electron chi connectivity index (χ4n) is 7.52. The van der Waals surface area contributed by atoms with Gasteiger partial charge >= 0.3 is 0 Å². The molecule has 3 heterocycles. The molecule has 0 amide bonds. The monoisotopic (exact) mass is 929 g/mol. The number of hydrogen-bond acceptors (Lipinski definition) is 9. The second-order valence-corrected chi connectivity index (χ2v) is 18.1. The molecule has 360 valence electrons. The van der Waals surface area contributed by atoms with E-state index in [2.05, 4.69) is 112 Å². The van der Waals surface area contributed by atoms with Gasteiger partial charge in [0.2, 0.25) is 0 Å². The van der Waals surface area contributed by atoms with E-state index in [4.69, 9.17) is 9.98 Å². The van der Waals surface area contributed by atoms with Crippen molar-refractivity contribution in [1.29, 1.82) is 0 Å². The van der Waals surface area contributed by atoms with Crippen molar-refractivity contribution < 1.29 is 18.8 Å². The predicted molar refractivity (Wildman–Crippen MR) is 283 cm³/mol. The average Bonchev–Trinajstić information content (AvgIpc) is 3.32. The van der Waals surface area contributed by atoms with Crippen LogP contribution in [0.2, 0.25) is 0 Å². The molecule has 9 nitrogen and oxygen atoms in total. The third-order valence-corrected chi connectivity index (χ3v) is 11.4. The first-order chi connectivity index (χ1) is 32.7. The molecule has 0 bridgehead atoms. The van der Waals surface area contributed by atoms with E-state index in [1.807, 2.05) is 58.9 Å². The Kier molecular flexibility index (Phi) is 20.1. The van der Waals surface area contributed by atoms with Crippen LogP contribution in [0.15, 0.2) is 118 Å². The number of hydrogen-bond donors (Lipinski definition) is 0. The lowest BCUT2D eigenvalue weighted by Gasteiger charge is -2.17. The van der Waals surface area contributed by atoms with Crippen LogP contribution in [0.4, 0.5) is 21.5 Å². The maximum absolute atomic E-state index is 13.3. The van der Waals surface area contributed by atoms with Gasteiger partial charge in [0.1, 0.15) is 22.9 Å². The second-order valence-electron chi connectivity index (χ2n) is 18.1. The minimum absolute atomic E-state index is 0.0339. The second kappa shape index (κ2) is 25.4. The number of carbonyl (C=O) groups is 3. The first kappa shape index (κ1) is 54.7. The van der Waals surface area contributed by atoms with Crippen molar-refractivity contribution in [3.05, 3.63) is 176 Å². The molecule has 10 heteroatoms. The summed E-state index contributed by atoms with van der Waals surface area (Å²) in [6.07, 6.45) is 1.23. The molecule has 0 fully saturated rings. The van der Waals surface area contributed by atoms with Gasteiger partial charge in [0, 0.05) is 20.3 Å². The van der Waals surface area contributed by atoms with Gasteiger partial charge in [0.15, 0.2) is 17.3 Å². The van der Waals surface area contributed by atoms with Crippen LogP contribution in [0.25, 0.3) is 0 Å². The summed E-state index contributed by atoms with van der Waals surface area (Å²) < 4.78 is 13.3. The predicted octanol–water partition coefficient (Wildman–Crippen LogP) is 15.5. The fourth-order valence-corrected chi connectivity index (χ4v) is 7.52. The SMILES string of the molecule is CC(=O)c1cccc(C(C)=Nc2c(C)cc(F)cc2C)n1.CC(=O)c1cccc(C(C)=Nc2c(C)cccc2C(C)C)n1.CCC(=O)c1cccc(C(CC)=Nc2c(C(C)C)cccc2C(C)C)n1. The molecule has 0 aliphatic rings. The first-order valence-corrected chi connectivity index (χ1v) is 23.8. The zero-order chi connectivity index (χ0) is 51.1. The lowest BCUT2D eigenvalue weighted by atomic mass is 9.92. The number of aromatic nitrogens is 3. The highest BCUT2D eigenvalue weighted by molar-refractivity contribution is 6.03. The first-order valence-electron chi connectivity index (χ1n) is 23.8. The van der Waals surface area contributed by atoms with Gasteiger partial charge in [0.25, 0.3) is 0 Å². The number of para-hydroxylation sites is 2. The van der Waals surface area contributed by atoms with Crippen LogP contribution in [0, 0.1) is 26.6 Å². The zero-order valence-electron chi connectivity index (χ0n) is 43.2. The Hall–Kier alpha value is -6.94. The molecule has 69 heavy (non-hydrogen) atoms. The number of nitrogens with zero attached hydrogens (tertiary/aromatic N) is 6. The zero-order valence-corrected chi connectivity index (χ0v) is 43.2. The molecule has 0 aliphatic carbocycles. The Labute approximate surface area is 409 Å². The van der Waals surface area contributed by atoms with E-state index in [0.717, 1.165) is 63.0 Å². The minimum atomic E-state index is -0.265. The third-order valence-electron chi connectivity index (χ3n) is 11.4. The van der Waals surface area contributed by atoms with Crippen molar-refractivity contribution >= 4 is 51.5 Å². The van der Waals surface area contributed by atoms with E-state index in [-0.39, 0.29) is 23.2 Å². The Morgan fingerprint density at radius 3 is 1.28 bits per heavy atom. The van der Waals surface area contributed by atoms with E-state index < -0.39 is 0 Å². The van der Waals surface area contributed by atoms with Crippen molar-refractivity contribution in [2.45, 2.75) is 134 Å². The molecule has 0 radical (unpaired) electrons. The highest BCUT2D eigenvalue weighted by Crippen LogP contribution is 2.36. The topological polar surface area (TPSA) is 127 Å². The number of pyridine rings is 3. The molecule has 0 atom stereocenters. The van der Waals surface area contributed by atoms with E-state index in [0.29, 0.717) is 52.7 Å². The standard InChI is InChI=1S/C23H30N2O.C19H22N2O.C17H17FN2O/c1-7-19(20-13-10-14-21(24-20)22(26)8-2)25-23-17(15(3)4)11-9-12-18(23)16(5)6;1-12(2)16-9-6-8-13(3)19(16)20-14(4)17-10-7-11-18(21-17)15(5)22;1-10-8-14(18)9-11(2)17(10)19-12(3)15-6-5-7-16(20-15)13(4)21/h9-16H,7-8H2,1-6H3;6-12H,1-5H3;5-9H,1-4H3. The number of rotatable bonds is 14. The quantitative estimate of drug-likeness (QED) is 0.0791. The molecular formula is C59H69FN6O3. The van der Waals surface area contributed by atoms with E-state index in [1.165, 1.54) is 42.7 Å². The van der Waals surface area contributed by atoms with Gasteiger partial charge in [-0.15, -0.1) is 0 Å². The molecule has 6 aromatic rings. The van der Waals surface area contributed by atoms with Crippen LogP contribution >= 0.6 is 0 Å². The molecule has 3 aromatic heterocycles. The maximum atomic E-state index is 13.3. The van der Waals surface area contributed by atoms with Crippen molar-refractivity contribution in [1.82, 2.24) is 15.0 Å². The van der Waals surface area contributed by atoms with E-state index >= 15 is 0 Å². The minimum Gasteiger partial charge on any atom is -0.293 e. The summed E-state index contributed by atoms with van der Waals surface area (Å²) in [5, 5.41) is 0. The van der Waals surface area contributed by atoms with Crippen LogP contribution in [0.3, 0.4) is 0 Å². The van der Waals surface area contributed by atoms with Crippen molar-refractivity contribution in [2.24, 2.45) is 15.0 Å². The van der Waals surface area contributed by atoms with Crippen LogP contribution in [0.5, 0.6) is 0 Å². The molecule has 0 saturated heterocycles. The van der Waals surface area contributed by atoms with Crippen molar-refractivity contribution in [2.75, 3.05) is 0 Å². The normalized spacial score (nSPS) is 11.8. The average molecular weight is 929 g/mol. The summed E-state index contributed by atoms with van der Waals surface area (Å²) in [5.74, 6) is 0.874. The highest BCUT2D eigenvalue weighted by atomic mass is 19.1. The number of halogens is 1. The van der Waals surface area contributed by atoms with Crippen LogP contribution in [-0.2, 0) is 0 Å². The summed E-state index contributed by atoms with van der Waals surface area (Å²) in [6.45, 7) is 29.5. The smallest absolute Gasteiger partial charge is 0.180 e. The Balaban J connectivity index is 0.000000227. The number of Topliss-reactive ketones (excluding diaryl/α,β-unsaturated/α-hetero) is 3. The Morgan fingerprint density at radius 2 is 0.841 bits per heavy atom. The molecule has 0 N–H and O–H groups in total. The van der Waals surface area contributed by atoms with E-state index in [9.17, 15) is 18.8 Å². The molecule has 0 spiro atoms. The lowest BCUT2D eigenvalue weighted by molar-refractivity contribution is 0.0980. The van der Waals surface area contributed by atoms with Crippen LogP contribution in [-0.4, -0.2) is 49.4 Å². The van der Waals surface area contributed by atoms with Gasteiger partial charge in [-0.1, -0.05) is 110 Å².